The Hall–Kier alpha value is -1.73. The second-order valence-electron chi connectivity index (χ2n) is 4.99. The summed E-state index contributed by atoms with van der Waals surface area (Å²) in [6.07, 6.45) is 2.74. The first-order chi connectivity index (χ1) is 11.3. The molecule has 0 unspecified atom stereocenters. The summed E-state index contributed by atoms with van der Waals surface area (Å²) in [6.45, 7) is 1.47. The van der Waals surface area contributed by atoms with Crippen LogP contribution in [0.25, 0.3) is 0 Å². The average Bonchev–Trinajstić information content (AvgIpc) is 3.36. The molecule has 1 saturated carbocycles. The van der Waals surface area contributed by atoms with Gasteiger partial charge in [-0.05, 0) is 19.8 Å². The molecule has 1 aromatic rings. The van der Waals surface area contributed by atoms with Crippen LogP contribution in [0.2, 0.25) is 10.0 Å². The van der Waals surface area contributed by atoms with Crippen molar-refractivity contribution in [3.8, 4) is 0 Å². The summed E-state index contributed by atoms with van der Waals surface area (Å²) in [5.41, 5.74) is -1.62. The van der Waals surface area contributed by atoms with Crippen LogP contribution in [0.15, 0.2) is 11.8 Å². The summed E-state index contributed by atoms with van der Waals surface area (Å²) >= 11 is 10.9. The van der Waals surface area contributed by atoms with E-state index in [9.17, 15) is 22.8 Å². The number of rotatable bonds is 6. The third-order valence-corrected chi connectivity index (χ3v) is 3.90. The van der Waals surface area contributed by atoms with E-state index < -0.39 is 50.4 Å². The van der Waals surface area contributed by atoms with Crippen molar-refractivity contribution < 1.29 is 27.5 Å². The normalized spacial score (nSPS) is 14.5. The van der Waals surface area contributed by atoms with E-state index in [4.69, 9.17) is 27.9 Å². The minimum Gasteiger partial charge on any atom is -0.462 e. The number of carbonyl (C=O) groups is 2. The molecule has 1 aromatic carbocycles. The quantitative estimate of drug-likeness (QED) is 0.155. The molecule has 2 rings (SSSR count). The predicted molar refractivity (Wildman–Crippen MR) is 81.5 cm³/mol. The number of hydrogen-bond acceptors (Lipinski definition) is 4. The number of ether oxygens (including phenoxy) is 1. The largest absolute Gasteiger partial charge is 0.462 e. The fraction of sp³-hybridized carbons (Fsp3) is 0.333. The van der Waals surface area contributed by atoms with Gasteiger partial charge in [-0.25, -0.2) is 18.0 Å². The Balaban J connectivity index is 2.50. The molecule has 0 heterocycles. The highest BCUT2D eigenvalue weighted by Crippen LogP contribution is 2.33. The maximum absolute atomic E-state index is 14.1. The highest BCUT2D eigenvalue weighted by atomic mass is 35.5. The van der Waals surface area contributed by atoms with Crippen molar-refractivity contribution >= 4 is 35.0 Å². The van der Waals surface area contributed by atoms with Crippen molar-refractivity contribution in [2.24, 2.45) is 0 Å². The lowest BCUT2D eigenvalue weighted by Crippen LogP contribution is -2.22. The van der Waals surface area contributed by atoms with Gasteiger partial charge in [-0.3, -0.25) is 4.79 Å². The van der Waals surface area contributed by atoms with Crippen LogP contribution in [0.5, 0.6) is 0 Å². The van der Waals surface area contributed by atoms with Crippen LogP contribution in [-0.2, 0) is 9.53 Å². The van der Waals surface area contributed by atoms with Crippen LogP contribution in [0.1, 0.15) is 30.1 Å². The number of esters is 1. The molecule has 130 valence electrons. The zero-order chi connectivity index (χ0) is 18.0. The summed E-state index contributed by atoms with van der Waals surface area (Å²) < 4.78 is 45.9. The summed E-state index contributed by atoms with van der Waals surface area (Å²) in [4.78, 5) is 24.4. The monoisotopic (exact) mass is 381 g/mol. The lowest BCUT2D eigenvalue weighted by molar-refractivity contribution is -0.138. The van der Waals surface area contributed by atoms with Gasteiger partial charge < -0.3 is 10.1 Å². The lowest BCUT2D eigenvalue weighted by Gasteiger charge is -2.11. The van der Waals surface area contributed by atoms with Gasteiger partial charge in [0, 0.05) is 12.2 Å². The van der Waals surface area contributed by atoms with E-state index >= 15 is 0 Å². The van der Waals surface area contributed by atoms with Gasteiger partial charge in [0.1, 0.15) is 10.6 Å². The number of carbonyl (C=O) groups excluding carboxylic acids is 2. The molecule has 4 nitrogen and oxygen atoms in total. The van der Waals surface area contributed by atoms with Gasteiger partial charge in [-0.15, -0.1) is 0 Å². The molecule has 0 radical (unpaired) electrons. The maximum Gasteiger partial charge on any atom is 0.343 e. The van der Waals surface area contributed by atoms with Crippen molar-refractivity contribution in [2.75, 3.05) is 6.61 Å². The number of halogens is 5. The summed E-state index contributed by atoms with van der Waals surface area (Å²) in [6, 6.07) is 0.0797. The minimum atomic E-state index is -1.71. The van der Waals surface area contributed by atoms with E-state index in [1.165, 1.54) is 6.92 Å². The fourth-order valence-corrected chi connectivity index (χ4v) is 2.25. The Morgan fingerprint density at radius 1 is 1.17 bits per heavy atom. The highest BCUT2D eigenvalue weighted by Gasteiger charge is 2.32. The van der Waals surface area contributed by atoms with Gasteiger partial charge in [0.05, 0.1) is 17.2 Å². The van der Waals surface area contributed by atoms with Gasteiger partial charge in [0.25, 0.3) is 0 Å². The second-order valence-corrected chi connectivity index (χ2v) is 5.75. The molecular weight excluding hydrogens is 370 g/mol. The van der Waals surface area contributed by atoms with E-state index in [1.54, 1.807) is 0 Å². The van der Waals surface area contributed by atoms with Crippen LogP contribution >= 0.6 is 23.2 Å². The first kappa shape index (κ1) is 18.6. The van der Waals surface area contributed by atoms with Gasteiger partial charge in [-0.1, -0.05) is 23.2 Å². The molecule has 0 bridgehead atoms. The van der Waals surface area contributed by atoms with Crippen LogP contribution in [0, 0.1) is 17.5 Å². The summed E-state index contributed by atoms with van der Waals surface area (Å²) in [5, 5.41) is 0.456. The van der Waals surface area contributed by atoms with E-state index in [-0.39, 0.29) is 12.6 Å². The topological polar surface area (TPSA) is 55.4 Å². The first-order valence-electron chi connectivity index (χ1n) is 6.99. The standard InChI is InChI=1S/C15H12Cl2F3NO3/c1-2-24-15(23)7(5-21-6-3-4-6)14(22)8-9(16)12(19)13(20)10(17)11(8)18/h5-6,21H,2-4H2,1H3. The molecule has 0 aliphatic heterocycles. The van der Waals surface area contributed by atoms with Crippen molar-refractivity contribution in [1.29, 1.82) is 0 Å². The molecule has 9 heteroatoms. The van der Waals surface area contributed by atoms with Gasteiger partial charge >= 0.3 is 5.97 Å². The van der Waals surface area contributed by atoms with Crippen LogP contribution in [-0.4, -0.2) is 24.4 Å². The maximum atomic E-state index is 14.1. The molecule has 0 amide bonds. The first-order valence-corrected chi connectivity index (χ1v) is 7.74. The minimum absolute atomic E-state index is 0.0400. The van der Waals surface area contributed by atoms with Crippen LogP contribution < -0.4 is 5.32 Å². The molecule has 0 saturated heterocycles. The van der Waals surface area contributed by atoms with E-state index in [0.717, 1.165) is 19.0 Å². The van der Waals surface area contributed by atoms with E-state index in [2.05, 4.69) is 5.32 Å². The summed E-state index contributed by atoms with van der Waals surface area (Å²) in [7, 11) is 0. The number of hydrogen-bond donors (Lipinski definition) is 1. The number of ketones is 1. The van der Waals surface area contributed by atoms with Crippen molar-refractivity contribution in [3.63, 3.8) is 0 Å². The number of nitrogens with one attached hydrogen (secondary N) is 1. The molecular formula is C15H12Cl2F3NO3. The van der Waals surface area contributed by atoms with Crippen molar-refractivity contribution in [2.45, 2.75) is 25.8 Å². The highest BCUT2D eigenvalue weighted by molar-refractivity contribution is 6.38. The molecule has 1 fully saturated rings. The average molecular weight is 382 g/mol. The number of benzene rings is 1. The Morgan fingerprint density at radius 3 is 2.29 bits per heavy atom. The summed E-state index contributed by atoms with van der Waals surface area (Å²) in [5.74, 6) is -7.25. The zero-order valence-electron chi connectivity index (χ0n) is 12.4. The Bertz CT molecular complexity index is 704. The van der Waals surface area contributed by atoms with E-state index in [0.29, 0.717) is 0 Å². The predicted octanol–water partition coefficient (Wildman–Crippen LogP) is 3.79. The van der Waals surface area contributed by atoms with Crippen LogP contribution in [0.3, 0.4) is 0 Å². The Kier molecular flexibility index (Phi) is 5.77. The fourth-order valence-electron chi connectivity index (χ4n) is 1.82. The Morgan fingerprint density at radius 2 is 1.75 bits per heavy atom. The molecule has 1 N–H and O–H groups in total. The molecule has 1 aliphatic rings. The third-order valence-electron chi connectivity index (χ3n) is 3.22. The molecule has 24 heavy (non-hydrogen) atoms. The van der Waals surface area contributed by atoms with Gasteiger partial charge in [-0.2, -0.15) is 0 Å². The van der Waals surface area contributed by atoms with Crippen molar-refractivity contribution in [1.82, 2.24) is 5.32 Å². The van der Waals surface area contributed by atoms with Crippen molar-refractivity contribution in [3.05, 3.63) is 44.8 Å². The molecule has 0 atom stereocenters. The van der Waals surface area contributed by atoms with E-state index in [1.807, 2.05) is 0 Å². The lowest BCUT2D eigenvalue weighted by atomic mass is 10.0. The SMILES string of the molecule is CCOC(=O)C(=CNC1CC1)C(=O)c1c(F)c(Cl)c(F)c(F)c1Cl. The smallest absolute Gasteiger partial charge is 0.343 e. The molecule has 1 aliphatic carbocycles. The third kappa shape index (κ3) is 3.67. The second kappa shape index (κ2) is 7.44. The molecule has 0 spiro atoms. The number of Topliss-reactive ketones (excluding diaryl/α,β-unsaturated/α-hetero) is 1. The van der Waals surface area contributed by atoms with Gasteiger partial charge in [0.2, 0.25) is 5.78 Å². The van der Waals surface area contributed by atoms with Gasteiger partial charge in [0.15, 0.2) is 17.5 Å². The zero-order valence-corrected chi connectivity index (χ0v) is 13.9. The Labute approximate surface area is 145 Å². The van der Waals surface area contributed by atoms with Crippen LogP contribution in [0.4, 0.5) is 13.2 Å². The molecule has 0 aromatic heterocycles.